The van der Waals surface area contributed by atoms with Gasteiger partial charge in [0.1, 0.15) is 11.9 Å². The van der Waals surface area contributed by atoms with E-state index in [4.69, 9.17) is 9.73 Å². The van der Waals surface area contributed by atoms with Crippen molar-refractivity contribution < 1.29 is 14.3 Å². The Morgan fingerprint density at radius 1 is 1.17 bits per heavy atom. The molecular formula is C21H21BrN4O3. The van der Waals surface area contributed by atoms with Crippen molar-refractivity contribution >= 4 is 45.0 Å². The number of aliphatic imine (C=N–C) groups is 2. The SMILES string of the molecule is COC(=O)C[C@@H]1N=C(c2ccc(Br)cc2)c2cc(C)ccc2N=C1NNC(C)=O. The van der Waals surface area contributed by atoms with Crippen LogP contribution in [0, 0.1) is 6.92 Å². The maximum Gasteiger partial charge on any atom is 0.308 e. The highest BCUT2D eigenvalue weighted by Gasteiger charge is 2.26. The van der Waals surface area contributed by atoms with Gasteiger partial charge in [-0.05, 0) is 31.2 Å². The molecule has 0 bridgehead atoms. The molecule has 1 atom stereocenters. The van der Waals surface area contributed by atoms with E-state index < -0.39 is 12.0 Å². The molecule has 1 aliphatic rings. The van der Waals surface area contributed by atoms with Crippen LogP contribution in [0.15, 0.2) is 56.9 Å². The Labute approximate surface area is 177 Å². The fourth-order valence-electron chi connectivity index (χ4n) is 2.91. The van der Waals surface area contributed by atoms with Gasteiger partial charge in [-0.1, -0.05) is 39.7 Å². The molecule has 150 valence electrons. The zero-order valence-electron chi connectivity index (χ0n) is 16.3. The van der Waals surface area contributed by atoms with Gasteiger partial charge in [-0.25, -0.2) is 4.99 Å². The van der Waals surface area contributed by atoms with Gasteiger partial charge in [0, 0.05) is 22.5 Å². The standard InChI is InChI=1S/C21H21BrN4O3/c1-12-4-9-17-16(10-12)20(14-5-7-15(22)8-6-14)23-18(11-19(28)29-3)21(24-17)26-25-13(2)27/h4-10,18H,11H2,1-3H3,(H,24,26)(H,25,27)/t18-/m0/s1. The summed E-state index contributed by atoms with van der Waals surface area (Å²) in [5.41, 5.74) is 9.54. The molecule has 0 fully saturated rings. The molecule has 0 spiro atoms. The van der Waals surface area contributed by atoms with Crippen molar-refractivity contribution in [2.24, 2.45) is 9.98 Å². The summed E-state index contributed by atoms with van der Waals surface area (Å²) in [5, 5.41) is 0. The van der Waals surface area contributed by atoms with Crippen molar-refractivity contribution in [3.05, 3.63) is 63.6 Å². The molecule has 1 amide bonds. The van der Waals surface area contributed by atoms with Crippen LogP contribution in [0.1, 0.15) is 30.0 Å². The number of hydrogen-bond donors (Lipinski definition) is 2. The quantitative estimate of drug-likeness (QED) is 0.547. The number of nitrogens with one attached hydrogen (secondary N) is 2. The summed E-state index contributed by atoms with van der Waals surface area (Å²) < 4.78 is 5.79. The first-order chi connectivity index (χ1) is 13.9. The lowest BCUT2D eigenvalue weighted by atomic mass is 9.99. The van der Waals surface area contributed by atoms with Gasteiger partial charge in [0.2, 0.25) is 5.91 Å². The molecule has 2 aromatic carbocycles. The van der Waals surface area contributed by atoms with Crippen molar-refractivity contribution in [3.8, 4) is 0 Å². The van der Waals surface area contributed by atoms with Crippen LogP contribution >= 0.6 is 15.9 Å². The highest BCUT2D eigenvalue weighted by atomic mass is 79.9. The van der Waals surface area contributed by atoms with Crippen LogP contribution < -0.4 is 10.9 Å². The van der Waals surface area contributed by atoms with Gasteiger partial charge in [0.05, 0.1) is 24.9 Å². The molecule has 3 rings (SSSR count). The van der Waals surface area contributed by atoms with E-state index in [2.05, 4.69) is 31.8 Å². The van der Waals surface area contributed by atoms with E-state index in [0.29, 0.717) is 17.2 Å². The van der Waals surface area contributed by atoms with Gasteiger partial charge in [-0.3, -0.25) is 25.4 Å². The van der Waals surface area contributed by atoms with Crippen LogP contribution in [0.2, 0.25) is 0 Å². The maximum absolute atomic E-state index is 12.0. The minimum Gasteiger partial charge on any atom is -0.469 e. The molecular weight excluding hydrogens is 436 g/mol. The Hall–Kier alpha value is -3.00. The first-order valence-corrected chi connectivity index (χ1v) is 9.79. The van der Waals surface area contributed by atoms with Gasteiger partial charge in [0.15, 0.2) is 0 Å². The summed E-state index contributed by atoms with van der Waals surface area (Å²) in [7, 11) is 1.33. The number of nitrogens with zero attached hydrogens (tertiary/aromatic N) is 2. The largest absolute Gasteiger partial charge is 0.469 e. The number of carbonyl (C=O) groups is 2. The molecule has 0 radical (unpaired) electrons. The Morgan fingerprint density at radius 3 is 2.55 bits per heavy atom. The van der Waals surface area contributed by atoms with Crippen LogP contribution in [-0.2, 0) is 14.3 Å². The second-order valence-electron chi connectivity index (χ2n) is 6.60. The fourth-order valence-corrected chi connectivity index (χ4v) is 3.18. The highest BCUT2D eigenvalue weighted by molar-refractivity contribution is 9.10. The molecule has 1 heterocycles. The number of esters is 1. The number of ether oxygens (including phenoxy) is 1. The number of fused-ring (bicyclic) bond motifs is 1. The molecule has 1 aliphatic heterocycles. The van der Waals surface area contributed by atoms with Crippen molar-refractivity contribution in [1.82, 2.24) is 10.9 Å². The van der Waals surface area contributed by atoms with Crippen LogP contribution in [-0.4, -0.2) is 36.6 Å². The number of benzene rings is 2. The molecule has 0 aromatic heterocycles. The van der Waals surface area contributed by atoms with E-state index in [1.807, 2.05) is 49.4 Å². The van der Waals surface area contributed by atoms with E-state index in [9.17, 15) is 9.59 Å². The summed E-state index contributed by atoms with van der Waals surface area (Å²) >= 11 is 3.45. The first kappa shape index (κ1) is 20.7. The third-order valence-corrected chi connectivity index (χ3v) is 4.85. The summed E-state index contributed by atoms with van der Waals surface area (Å²) in [6, 6.07) is 13.0. The van der Waals surface area contributed by atoms with Gasteiger partial charge in [0.25, 0.3) is 0 Å². The topological polar surface area (TPSA) is 92.2 Å². The maximum atomic E-state index is 12.0. The van der Waals surface area contributed by atoms with E-state index in [0.717, 1.165) is 21.2 Å². The number of aryl methyl sites for hydroxylation is 1. The normalized spacial score (nSPS) is 15.4. The second-order valence-corrected chi connectivity index (χ2v) is 7.52. The number of hydrogen-bond acceptors (Lipinski definition) is 6. The molecule has 2 N–H and O–H groups in total. The highest BCUT2D eigenvalue weighted by Crippen LogP contribution is 2.29. The third kappa shape index (κ3) is 5.08. The predicted molar refractivity (Wildman–Crippen MR) is 115 cm³/mol. The van der Waals surface area contributed by atoms with E-state index >= 15 is 0 Å². The lowest BCUT2D eigenvalue weighted by Crippen LogP contribution is -2.45. The van der Waals surface area contributed by atoms with E-state index in [-0.39, 0.29) is 12.3 Å². The van der Waals surface area contributed by atoms with Crippen LogP contribution in [0.5, 0.6) is 0 Å². The molecule has 29 heavy (non-hydrogen) atoms. The number of methoxy groups -OCH3 is 1. The van der Waals surface area contributed by atoms with Crippen LogP contribution in [0.25, 0.3) is 0 Å². The average molecular weight is 457 g/mol. The molecule has 0 aliphatic carbocycles. The van der Waals surface area contributed by atoms with E-state index in [1.165, 1.54) is 14.0 Å². The van der Waals surface area contributed by atoms with Crippen molar-refractivity contribution in [2.45, 2.75) is 26.3 Å². The predicted octanol–water partition coefficient (Wildman–Crippen LogP) is 3.21. The molecule has 8 heteroatoms. The van der Waals surface area contributed by atoms with Gasteiger partial charge in [-0.2, -0.15) is 0 Å². The first-order valence-electron chi connectivity index (χ1n) is 9.00. The molecule has 0 saturated heterocycles. The number of hydrazine groups is 1. The Balaban J connectivity index is 2.16. The zero-order valence-corrected chi connectivity index (χ0v) is 17.9. The van der Waals surface area contributed by atoms with Gasteiger partial charge in [-0.15, -0.1) is 0 Å². The third-order valence-electron chi connectivity index (χ3n) is 4.32. The number of rotatable bonds is 3. The molecule has 0 saturated carbocycles. The monoisotopic (exact) mass is 456 g/mol. The smallest absolute Gasteiger partial charge is 0.308 e. The van der Waals surface area contributed by atoms with Crippen LogP contribution in [0.3, 0.4) is 0 Å². The van der Waals surface area contributed by atoms with Gasteiger partial charge < -0.3 is 4.74 Å². The van der Waals surface area contributed by atoms with E-state index in [1.54, 1.807) is 0 Å². The van der Waals surface area contributed by atoms with Crippen molar-refractivity contribution in [1.29, 1.82) is 0 Å². The summed E-state index contributed by atoms with van der Waals surface area (Å²) in [5.74, 6) is -0.341. The Morgan fingerprint density at radius 2 is 1.90 bits per heavy atom. The van der Waals surface area contributed by atoms with Crippen molar-refractivity contribution in [3.63, 3.8) is 0 Å². The minimum absolute atomic E-state index is 0.0189. The summed E-state index contributed by atoms with van der Waals surface area (Å²) in [6.07, 6.45) is -0.0189. The summed E-state index contributed by atoms with van der Waals surface area (Å²) in [6.45, 7) is 3.38. The van der Waals surface area contributed by atoms with Crippen molar-refractivity contribution in [2.75, 3.05) is 7.11 Å². The number of amidine groups is 1. The number of halogens is 1. The Kier molecular flexibility index (Phi) is 6.43. The molecule has 7 nitrogen and oxygen atoms in total. The molecule has 2 aromatic rings. The molecule has 0 unspecified atom stereocenters. The Bertz CT molecular complexity index is 999. The fraction of sp³-hybridized carbons (Fsp3) is 0.238. The average Bonchev–Trinajstić information content (AvgIpc) is 2.84. The lowest BCUT2D eigenvalue weighted by molar-refractivity contribution is -0.140. The summed E-state index contributed by atoms with van der Waals surface area (Å²) in [4.78, 5) is 33.0. The lowest BCUT2D eigenvalue weighted by Gasteiger charge is -2.16. The second kappa shape index (κ2) is 9.00. The number of carbonyl (C=O) groups excluding carboxylic acids is 2. The van der Waals surface area contributed by atoms with Gasteiger partial charge >= 0.3 is 5.97 Å². The minimum atomic E-state index is -0.652. The zero-order chi connectivity index (χ0) is 21.0. The van der Waals surface area contributed by atoms with Crippen LogP contribution in [0.4, 0.5) is 5.69 Å². The number of amides is 1.